The number of aryl methyl sites for hydroxylation is 2. The quantitative estimate of drug-likeness (QED) is 0.929. The van der Waals surface area contributed by atoms with Crippen LogP contribution in [-0.2, 0) is 11.3 Å². The van der Waals surface area contributed by atoms with Crippen LogP contribution in [-0.4, -0.2) is 21.0 Å². The van der Waals surface area contributed by atoms with Gasteiger partial charge in [0.05, 0.1) is 17.8 Å². The Bertz CT molecular complexity index is 859. The maximum atomic E-state index is 12.6. The monoisotopic (exact) mass is 332 g/mol. The van der Waals surface area contributed by atoms with Crippen molar-refractivity contribution < 1.29 is 4.79 Å². The first-order chi connectivity index (χ1) is 10.7. The van der Waals surface area contributed by atoms with Gasteiger partial charge in [0, 0.05) is 4.88 Å². The number of aromatic nitrogens is 2. The predicted molar refractivity (Wildman–Crippen MR) is 90.4 cm³/mol. The van der Waals surface area contributed by atoms with Gasteiger partial charge in [-0.3, -0.25) is 14.2 Å². The first-order valence-corrected chi connectivity index (χ1v) is 8.18. The molecule has 2 rings (SSSR count). The summed E-state index contributed by atoms with van der Waals surface area (Å²) in [4.78, 5) is 30.8. The van der Waals surface area contributed by atoms with E-state index in [0.29, 0.717) is 10.2 Å². The van der Waals surface area contributed by atoms with Crippen molar-refractivity contribution in [1.82, 2.24) is 14.9 Å². The fourth-order valence-corrected chi connectivity index (χ4v) is 3.16. The number of rotatable bonds is 4. The van der Waals surface area contributed by atoms with E-state index in [2.05, 4.69) is 16.4 Å². The van der Waals surface area contributed by atoms with E-state index in [-0.39, 0.29) is 23.9 Å². The molecule has 0 radical (unpaired) electrons. The minimum Gasteiger partial charge on any atom is -0.336 e. The highest BCUT2D eigenvalue weighted by Crippen LogP contribution is 2.25. The third-order valence-electron chi connectivity index (χ3n) is 4.26. The van der Waals surface area contributed by atoms with Gasteiger partial charge in [-0.15, -0.1) is 11.3 Å². The number of nitriles is 1. The maximum Gasteiger partial charge on any atom is 0.262 e. The van der Waals surface area contributed by atoms with Crippen LogP contribution in [0.5, 0.6) is 0 Å². The second-order valence-corrected chi connectivity index (χ2v) is 7.36. The Labute approximate surface area is 138 Å². The van der Waals surface area contributed by atoms with Gasteiger partial charge in [0.2, 0.25) is 5.91 Å². The number of carbonyl (C=O) groups excluding carboxylic acids is 1. The first-order valence-electron chi connectivity index (χ1n) is 7.37. The summed E-state index contributed by atoms with van der Waals surface area (Å²) in [6.07, 6.45) is 1.39. The molecule has 23 heavy (non-hydrogen) atoms. The number of hydrogen-bond donors (Lipinski definition) is 1. The topological polar surface area (TPSA) is 87.8 Å². The number of amides is 1. The van der Waals surface area contributed by atoms with Crippen molar-refractivity contribution in [2.24, 2.45) is 5.92 Å². The number of nitrogens with one attached hydrogen (secondary N) is 1. The van der Waals surface area contributed by atoms with E-state index in [1.54, 1.807) is 6.92 Å². The van der Waals surface area contributed by atoms with Crippen LogP contribution >= 0.6 is 11.3 Å². The van der Waals surface area contributed by atoms with Crippen LogP contribution in [0.3, 0.4) is 0 Å². The van der Waals surface area contributed by atoms with Crippen molar-refractivity contribution in [3.05, 3.63) is 27.1 Å². The number of thiophene rings is 1. The minimum atomic E-state index is -0.965. The molecule has 0 saturated carbocycles. The van der Waals surface area contributed by atoms with Crippen LogP contribution in [0.15, 0.2) is 11.1 Å². The summed E-state index contributed by atoms with van der Waals surface area (Å²) < 4.78 is 1.29. The molecule has 0 aliphatic rings. The summed E-state index contributed by atoms with van der Waals surface area (Å²) in [5.74, 6) is -0.425. The molecule has 1 amide bonds. The second kappa shape index (κ2) is 6.13. The van der Waals surface area contributed by atoms with E-state index in [9.17, 15) is 14.9 Å². The Morgan fingerprint density at radius 1 is 1.52 bits per heavy atom. The average Bonchev–Trinajstić information content (AvgIpc) is 2.77. The summed E-state index contributed by atoms with van der Waals surface area (Å²) in [5, 5.41) is 12.5. The molecule has 2 heterocycles. The van der Waals surface area contributed by atoms with Gasteiger partial charge in [-0.2, -0.15) is 5.26 Å². The summed E-state index contributed by atoms with van der Waals surface area (Å²) in [6, 6.07) is 2.12. The van der Waals surface area contributed by atoms with E-state index < -0.39 is 5.54 Å². The molecule has 7 heteroatoms. The van der Waals surface area contributed by atoms with Crippen molar-refractivity contribution in [2.75, 3.05) is 0 Å². The van der Waals surface area contributed by atoms with Gasteiger partial charge in [-0.05, 0) is 32.3 Å². The van der Waals surface area contributed by atoms with Crippen molar-refractivity contribution >= 4 is 27.5 Å². The molecule has 0 unspecified atom stereocenters. The van der Waals surface area contributed by atoms with Gasteiger partial charge in [-0.1, -0.05) is 13.8 Å². The minimum absolute atomic E-state index is 0.0458. The number of fused-ring (bicyclic) bond motifs is 1. The molecule has 1 atom stereocenters. The lowest BCUT2D eigenvalue weighted by Gasteiger charge is -2.27. The summed E-state index contributed by atoms with van der Waals surface area (Å²) in [7, 11) is 0. The maximum absolute atomic E-state index is 12.6. The molecule has 0 saturated heterocycles. The SMILES string of the molecule is Cc1sc2ncn(CC(=O)N[C@](C)(C#N)C(C)C)c(=O)c2c1C. The zero-order valence-corrected chi connectivity index (χ0v) is 14.7. The largest absolute Gasteiger partial charge is 0.336 e. The standard InChI is InChI=1S/C16H20N4O2S/c1-9(2)16(5,7-17)19-12(21)6-20-8-18-14-13(15(20)22)10(3)11(4)23-14/h8-9H,6H2,1-5H3,(H,19,21)/t16-/m1/s1. The van der Waals surface area contributed by atoms with Crippen molar-refractivity contribution in [1.29, 1.82) is 5.26 Å². The van der Waals surface area contributed by atoms with Gasteiger partial charge in [0.25, 0.3) is 5.56 Å². The van der Waals surface area contributed by atoms with Gasteiger partial charge in [-0.25, -0.2) is 4.98 Å². The normalized spacial score (nSPS) is 13.8. The van der Waals surface area contributed by atoms with Crippen molar-refractivity contribution in [3.8, 4) is 6.07 Å². The molecule has 0 aromatic carbocycles. The van der Waals surface area contributed by atoms with E-state index in [4.69, 9.17) is 0 Å². The molecule has 0 aliphatic heterocycles. The zero-order chi connectivity index (χ0) is 17.4. The van der Waals surface area contributed by atoms with Crippen molar-refractivity contribution in [3.63, 3.8) is 0 Å². The zero-order valence-electron chi connectivity index (χ0n) is 13.9. The molecular formula is C16H20N4O2S. The van der Waals surface area contributed by atoms with Crippen LogP contribution in [0.2, 0.25) is 0 Å². The molecule has 0 bridgehead atoms. The fraction of sp³-hybridized carbons (Fsp3) is 0.500. The van der Waals surface area contributed by atoms with Crippen molar-refractivity contribution in [2.45, 2.75) is 46.7 Å². The fourth-order valence-electron chi connectivity index (χ4n) is 2.17. The molecule has 1 N–H and O–H groups in total. The highest BCUT2D eigenvalue weighted by molar-refractivity contribution is 7.18. The molecule has 0 aliphatic carbocycles. The highest BCUT2D eigenvalue weighted by Gasteiger charge is 2.30. The van der Waals surface area contributed by atoms with Crippen LogP contribution in [0.4, 0.5) is 0 Å². The predicted octanol–water partition coefficient (Wildman–Crippen LogP) is 2.13. The third-order valence-corrected chi connectivity index (χ3v) is 5.37. The summed E-state index contributed by atoms with van der Waals surface area (Å²) in [6.45, 7) is 9.07. The molecule has 6 nitrogen and oxygen atoms in total. The molecule has 122 valence electrons. The Kier molecular flexibility index (Phi) is 4.57. The Balaban J connectivity index is 2.31. The van der Waals surface area contributed by atoms with E-state index in [1.807, 2.05) is 27.7 Å². The third kappa shape index (κ3) is 3.13. The lowest BCUT2D eigenvalue weighted by molar-refractivity contribution is -0.123. The number of carbonyl (C=O) groups is 1. The molecular weight excluding hydrogens is 312 g/mol. The van der Waals surface area contributed by atoms with E-state index in [1.165, 1.54) is 22.2 Å². The number of nitrogens with zero attached hydrogens (tertiary/aromatic N) is 3. The number of hydrogen-bond acceptors (Lipinski definition) is 5. The second-order valence-electron chi connectivity index (χ2n) is 6.16. The average molecular weight is 332 g/mol. The van der Waals surface area contributed by atoms with E-state index in [0.717, 1.165) is 10.4 Å². The molecule has 0 spiro atoms. The molecule has 0 fully saturated rings. The smallest absolute Gasteiger partial charge is 0.262 e. The van der Waals surface area contributed by atoms with Crippen LogP contribution in [0, 0.1) is 31.1 Å². The van der Waals surface area contributed by atoms with E-state index >= 15 is 0 Å². The van der Waals surface area contributed by atoms with Gasteiger partial charge >= 0.3 is 0 Å². The van der Waals surface area contributed by atoms with Gasteiger partial charge < -0.3 is 5.32 Å². The van der Waals surface area contributed by atoms with Crippen LogP contribution in [0.1, 0.15) is 31.2 Å². The Morgan fingerprint density at radius 2 is 2.17 bits per heavy atom. The van der Waals surface area contributed by atoms with Gasteiger partial charge in [0.15, 0.2) is 0 Å². The highest BCUT2D eigenvalue weighted by atomic mass is 32.1. The Morgan fingerprint density at radius 3 is 2.74 bits per heavy atom. The molecule has 2 aromatic heterocycles. The lowest BCUT2D eigenvalue weighted by atomic mass is 9.90. The first kappa shape index (κ1) is 17.2. The lowest BCUT2D eigenvalue weighted by Crippen LogP contribution is -2.50. The van der Waals surface area contributed by atoms with Gasteiger partial charge in [0.1, 0.15) is 16.9 Å². The summed E-state index contributed by atoms with van der Waals surface area (Å²) in [5.41, 5.74) is -0.288. The Hall–Kier alpha value is -2.20. The summed E-state index contributed by atoms with van der Waals surface area (Å²) >= 11 is 1.47. The van der Waals surface area contributed by atoms with Crippen LogP contribution < -0.4 is 10.9 Å². The molecule has 2 aromatic rings. The van der Waals surface area contributed by atoms with Crippen LogP contribution in [0.25, 0.3) is 10.2 Å².